The number of para-hydroxylation sites is 1. The van der Waals surface area contributed by atoms with Gasteiger partial charge in [0.15, 0.2) is 0 Å². The van der Waals surface area contributed by atoms with Gasteiger partial charge in [-0.1, -0.05) is 36.4 Å². The van der Waals surface area contributed by atoms with Crippen molar-refractivity contribution in [2.45, 2.75) is 39.8 Å². The number of thiophene rings is 1. The van der Waals surface area contributed by atoms with Crippen LogP contribution < -0.4 is 15.6 Å². The molecule has 0 radical (unpaired) electrons. The number of fused-ring (bicyclic) bond motifs is 3. The minimum atomic E-state index is -0.0934. The van der Waals surface area contributed by atoms with E-state index in [-0.39, 0.29) is 11.5 Å². The van der Waals surface area contributed by atoms with E-state index in [1.54, 1.807) is 11.3 Å². The zero-order chi connectivity index (χ0) is 21.8. The molecule has 1 N–H and O–H groups in total. The van der Waals surface area contributed by atoms with Gasteiger partial charge in [-0.05, 0) is 32.4 Å². The molecule has 0 spiro atoms. The Bertz CT molecular complexity index is 1290. The van der Waals surface area contributed by atoms with E-state index in [1.807, 2.05) is 62.4 Å². The van der Waals surface area contributed by atoms with Gasteiger partial charge < -0.3 is 10.1 Å². The predicted octanol–water partition coefficient (Wildman–Crippen LogP) is 4.41. The topological polar surface area (TPSA) is 73.2 Å². The summed E-state index contributed by atoms with van der Waals surface area (Å²) in [7, 11) is 0. The van der Waals surface area contributed by atoms with Crippen LogP contribution in [0.5, 0.6) is 5.75 Å². The zero-order valence-electron chi connectivity index (χ0n) is 17.7. The number of hydrogen-bond acceptors (Lipinski definition) is 5. The lowest BCUT2D eigenvalue weighted by Crippen LogP contribution is -2.26. The number of carbonyl (C=O) groups is 1. The average molecular weight is 436 g/mol. The molecule has 1 amide bonds. The van der Waals surface area contributed by atoms with E-state index in [0.29, 0.717) is 32.5 Å². The van der Waals surface area contributed by atoms with E-state index in [1.165, 1.54) is 4.68 Å². The van der Waals surface area contributed by atoms with Crippen molar-refractivity contribution >= 4 is 37.4 Å². The molecular formula is C24H25N3O3S. The van der Waals surface area contributed by atoms with Crippen molar-refractivity contribution in [3.05, 3.63) is 70.1 Å². The third kappa shape index (κ3) is 4.46. The fourth-order valence-corrected chi connectivity index (χ4v) is 4.82. The maximum Gasteiger partial charge on any atom is 0.276 e. The number of ether oxygens (including phenoxy) is 1. The number of rotatable bonds is 8. The van der Waals surface area contributed by atoms with Crippen LogP contribution in [-0.2, 0) is 17.9 Å². The summed E-state index contributed by atoms with van der Waals surface area (Å²) in [4.78, 5) is 25.3. The van der Waals surface area contributed by atoms with Crippen molar-refractivity contribution in [3.8, 4) is 5.75 Å². The van der Waals surface area contributed by atoms with Gasteiger partial charge in [0.05, 0.1) is 22.4 Å². The highest BCUT2D eigenvalue weighted by Gasteiger charge is 2.14. The van der Waals surface area contributed by atoms with Crippen LogP contribution >= 0.6 is 11.3 Å². The molecule has 0 aliphatic carbocycles. The highest BCUT2D eigenvalue weighted by molar-refractivity contribution is 7.26. The molecule has 0 unspecified atom stereocenters. The summed E-state index contributed by atoms with van der Waals surface area (Å²) in [5, 5.41) is 9.12. The van der Waals surface area contributed by atoms with Crippen LogP contribution in [0.25, 0.3) is 20.2 Å². The molecule has 0 aliphatic rings. The summed E-state index contributed by atoms with van der Waals surface area (Å²) in [6.07, 6.45) is 0.866. The molecule has 0 bridgehead atoms. The fraction of sp³-hybridized carbons (Fsp3) is 0.292. The van der Waals surface area contributed by atoms with Gasteiger partial charge in [0.2, 0.25) is 5.91 Å². The molecule has 0 saturated heterocycles. The van der Waals surface area contributed by atoms with Gasteiger partial charge in [-0.2, -0.15) is 5.10 Å². The summed E-state index contributed by atoms with van der Waals surface area (Å²) >= 11 is 1.60. The molecule has 2 aromatic heterocycles. The smallest absolute Gasteiger partial charge is 0.276 e. The second kappa shape index (κ2) is 9.31. The van der Waals surface area contributed by atoms with Gasteiger partial charge in [-0.15, -0.1) is 11.3 Å². The standard InChI is InChI=1S/C24H25N3O3S/c1-3-30-19-11-6-4-9-17(19)15-25-21(28)13-8-14-27-24(29)22-18-10-5-7-12-20(18)31-23(22)16(2)26-27/h4-7,9-12H,3,8,13-15H2,1-2H3,(H,25,28). The first kappa shape index (κ1) is 21.1. The van der Waals surface area contributed by atoms with Gasteiger partial charge >= 0.3 is 0 Å². The highest BCUT2D eigenvalue weighted by atomic mass is 32.1. The third-order valence-corrected chi connectivity index (χ3v) is 6.44. The number of hydrogen-bond donors (Lipinski definition) is 1. The quantitative estimate of drug-likeness (QED) is 0.445. The Hall–Kier alpha value is -3.19. The van der Waals surface area contributed by atoms with Crippen molar-refractivity contribution in [3.63, 3.8) is 0 Å². The summed E-state index contributed by atoms with van der Waals surface area (Å²) in [5.74, 6) is 0.728. The van der Waals surface area contributed by atoms with E-state index < -0.39 is 0 Å². The van der Waals surface area contributed by atoms with E-state index >= 15 is 0 Å². The van der Waals surface area contributed by atoms with Gasteiger partial charge in [0.25, 0.3) is 5.56 Å². The molecule has 0 fully saturated rings. The number of benzene rings is 2. The van der Waals surface area contributed by atoms with E-state index in [4.69, 9.17) is 4.74 Å². The molecule has 160 valence electrons. The Morgan fingerprint density at radius 1 is 1.16 bits per heavy atom. The van der Waals surface area contributed by atoms with Crippen LogP contribution in [0.4, 0.5) is 0 Å². The number of aryl methyl sites for hydroxylation is 2. The molecule has 0 saturated carbocycles. The Balaban J connectivity index is 1.41. The molecule has 0 aliphatic heterocycles. The van der Waals surface area contributed by atoms with Crippen molar-refractivity contribution in [1.82, 2.24) is 15.1 Å². The summed E-state index contributed by atoms with van der Waals surface area (Å²) < 4.78 is 9.11. The lowest BCUT2D eigenvalue weighted by atomic mass is 10.2. The first-order valence-corrected chi connectivity index (χ1v) is 11.3. The summed E-state index contributed by atoms with van der Waals surface area (Å²) in [6.45, 7) is 5.26. The number of aromatic nitrogens is 2. The Morgan fingerprint density at radius 2 is 1.94 bits per heavy atom. The van der Waals surface area contributed by atoms with Crippen LogP contribution in [0.3, 0.4) is 0 Å². The second-order valence-electron chi connectivity index (χ2n) is 7.34. The monoisotopic (exact) mass is 435 g/mol. The van der Waals surface area contributed by atoms with E-state index in [2.05, 4.69) is 10.4 Å². The molecule has 2 heterocycles. The summed E-state index contributed by atoms with van der Waals surface area (Å²) in [6, 6.07) is 15.6. The molecule has 2 aromatic carbocycles. The lowest BCUT2D eigenvalue weighted by Gasteiger charge is -2.11. The molecule has 4 rings (SSSR count). The van der Waals surface area contributed by atoms with Crippen LogP contribution in [0.15, 0.2) is 53.3 Å². The first-order valence-electron chi connectivity index (χ1n) is 10.4. The Labute approximate surface area is 184 Å². The van der Waals surface area contributed by atoms with Gasteiger partial charge in [0, 0.05) is 35.2 Å². The highest BCUT2D eigenvalue weighted by Crippen LogP contribution is 2.32. The molecular weight excluding hydrogens is 410 g/mol. The van der Waals surface area contributed by atoms with Gasteiger partial charge in [-0.25, -0.2) is 4.68 Å². The van der Waals surface area contributed by atoms with Crippen LogP contribution in [-0.4, -0.2) is 22.3 Å². The number of amides is 1. The number of carbonyl (C=O) groups excluding carboxylic acids is 1. The minimum absolute atomic E-state index is 0.0573. The average Bonchev–Trinajstić information content (AvgIpc) is 3.17. The Kier molecular flexibility index (Phi) is 6.32. The van der Waals surface area contributed by atoms with Crippen molar-refractivity contribution in [2.24, 2.45) is 0 Å². The normalized spacial score (nSPS) is 11.2. The zero-order valence-corrected chi connectivity index (χ0v) is 18.5. The number of nitrogens with one attached hydrogen (secondary N) is 1. The second-order valence-corrected chi connectivity index (χ2v) is 8.39. The first-order chi connectivity index (χ1) is 15.1. The number of nitrogens with zero attached hydrogens (tertiary/aromatic N) is 2. The molecule has 7 heteroatoms. The predicted molar refractivity (Wildman–Crippen MR) is 125 cm³/mol. The van der Waals surface area contributed by atoms with Gasteiger partial charge in [0.1, 0.15) is 5.75 Å². The van der Waals surface area contributed by atoms with E-state index in [9.17, 15) is 9.59 Å². The van der Waals surface area contributed by atoms with Crippen LogP contribution in [0.2, 0.25) is 0 Å². The van der Waals surface area contributed by atoms with Crippen molar-refractivity contribution < 1.29 is 9.53 Å². The van der Waals surface area contributed by atoms with E-state index in [0.717, 1.165) is 37.2 Å². The summed E-state index contributed by atoms with van der Waals surface area (Å²) in [5.41, 5.74) is 1.69. The minimum Gasteiger partial charge on any atom is -0.494 e. The molecule has 6 nitrogen and oxygen atoms in total. The SMILES string of the molecule is CCOc1ccccc1CNC(=O)CCCn1nc(C)c2sc3ccccc3c2c1=O. The van der Waals surface area contributed by atoms with Crippen molar-refractivity contribution in [2.75, 3.05) is 6.61 Å². The molecule has 4 aromatic rings. The third-order valence-electron chi connectivity index (χ3n) is 5.17. The van der Waals surface area contributed by atoms with Crippen LogP contribution in [0.1, 0.15) is 31.0 Å². The lowest BCUT2D eigenvalue weighted by molar-refractivity contribution is -0.121. The van der Waals surface area contributed by atoms with Crippen LogP contribution in [0, 0.1) is 6.92 Å². The largest absolute Gasteiger partial charge is 0.494 e. The maximum atomic E-state index is 13.0. The Morgan fingerprint density at radius 3 is 2.77 bits per heavy atom. The fourth-order valence-electron chi connectivity index (χ4n) is 3.68. The molecule has 0 atom stereocenters. The van der Waals surface area contributed by atoms with Gasteiger partial charge in [-0.3, -0.25) is 9.59 Å². The maximum absolute atomic E-state index is 13.0. The molecule has 31 heavy (non-hydrogen) atoms. The van der Waals surface area contributed by atoms with Crippen molar-refractivity contribution in [1.29, 1.82) is 0 Å².